The summed E-state index contributed by atoms with van der Waals surface area (Å²) in [5.74, 6) is 0.0184. The number of hydrogen-bond donors (Lipinski definition) is 0. The minimum Gasteiger partial charge on any atom is -0.497 e. The third kappa shape index (κ3) is 5.80. The molecule has 0 spiro atoms. The molecule has 0 N–H and O–H groups in total. The van der Waals surface area contributed by atoms with Crippen LogP contribution < -0.4 is 9.64 Å². The van der Waals surface area contributed by atoms with E-state index in [9.17, 15) is 14.4 Å². The third-order valence-electron chi connectivity index (χ3n) is 7.52. The number of amides is 2. The van der Waals surface area contributed by atoms with Crippen molar-refractivity contribution in [1.82, 2.24) is 9.80 Å². The number of hydrogen-bond acceptors (Lipinski definition) is 6. The molecule has 4 rings (SSSR count). The number of allylic oxidation sites excluding steroid dienone is 2. The Hall–Kier alpha value is -3.03. The Kier molecular flexibility index (Phi) is 8.31. The highest BCUT2D eigenvalue weighted by atomic mass is 16.5. The molecule has 0 radical (unpaired) electrons. The summed E-state index contributed by atoms with van der Waals surface area (Å²) in [6.07, 6.45) is 6.51. The molecule has 3 aliphatic rings. The van der Waals surface area contributed by atoms with Gasteiger partial charge in [-0.25, -0.2) is 0 Å². The normalized spacial score (nSPS) is 23.2. The van der Waals surface area contributed by atoms with Crippen LogP contribution in [0.4, 0.5) is 5.69 Å². The van der Waals surface area contributed by atoms with Crippen molar-refractivity contribution < 1.29 is 23.9 Å². The molecule has 2 heterocycles. The predicted octanol–water partition coefficient (Wildman–Crippen LogP) is 2.73. The number of likely N-dealkylation sites (tertiary alicyclic amines) is 1. The van der Waals surface area contributed by atoms with Gasteiger partial charge in [0.15, 0.2) is 0 Å². The summed E-state index contributed by atoms with van der Waals surface area (Å²) in [5.41, 5.74) is 1.12. The standard InChI is InChI=1S/C27H37N3O5/c1-3-35-27(33)20-12-14-29(15-13-20)25(31)23-6-4-5-7-24(23)26(32)30-18-16-28(17-19-30)21-8-10-22(34-2)11-9-21/h4-5,8-11,20,23-24H,3,6-7,12-19H2,1-2H3. The Morgan fingerprint density at radius 3 is 1.89 bits per heavy atom. The van der Waals surface area contributed by atoms with Crippen LogP contribution in [0.1, 0.15) is 32.6 Å². The van der Waals surface area contributed by atoms with Gasteiger partial charge in [-0.1, -0.05) is 12.2 Å². The number of piperazine rings is 1. The quantitative estimate of drug-likeness (QED) is 0.457. The zero-order valence-corrected chi connectivity index (χ0v) is 20.9. The molecule has 1 aliphatic carbocycles. The number of carbonyl (C=O) groups is 3. The van der Waals surface area contributed by atoms with Crippen molar-refractivity contribution >= 4 is 23.5 Å². The van der Waals surface area contributed by atoms with Crippen LogP contribution in [0, 0.1) is 17.8 Å². The summed E-state index contributed by atoms with van der Waals surface area (Å²) >= 11 is 0. The highest BCUT2D eigenvalue weighted by Crippen LogP contribution is 2.31. The van der Waals surface area contributed by atoms with Gasteiger partial charge in [0.25, 0.3) is 0 Å². The lowest BCUT2D eigenvalue weighted by molar-refractivity contribution is -0.153. The molecule has 1 aromatic rings. The largest absolute Gasteiger partial charge is 0.497 e. The predicted molar refractivity (Wildman–Crippen MR) is 133 cm³/mol. The number of ether oxygens (including phenoxy) is 2. The number of esters is 1. The number of anilines is 1. The Balaban J connectivity index is 1.33. The Morgan fingerprint density at radius 1 is 0.829 bits per heavy atom. The summed E-state index contributed by atoms with van der Waals surface area (Å²) in [6, 6.07) is 7.99. The van der Waals surface area contributed by atoms with Gasteiger partial charge in [0.2, 0.25) is 11.8 Å². The third-order valence-corrected chi connectivity index (χ3v) is 7.52. The van der Waals surface area contributed by atoms with Crippen molar-refractivity contribution in [2.45, 2.75) is 32.6 Å². The number of rotatable bonds is 6. The van der Waals surface area contributed by atoms with E-state index in [1.165, 1.54) is 0 Å². The Bertz CT molecular complexity index is 915. The molecule has 0 aromatic heterocycles. The van der Waals surface area contributed by atoms with E-state index in [1.54, 1.807) is 7.11 Å². The van der Waals surface area contributed by atoms with Gasteiger partial charge in [-0.15, -0.1) is 0 Å². The maximum Gasteiger partial charge on any atom is 0.309 e. The number of piperidine rings is 1. The number of nitrogens with zero attached hydrogens (tertiary/aromatic N) is 3. The summed E-state index contributed by atoms with van der Waals surface area (Å²) < 4.78 is 10.4. The van der Waals surface area contributed by atoms with Gasteiger partial charge in [-0.3, -0.25) is 14.4 Å². The fraction of sp³-hybridized carbons (Fsp3) is 0.593. The van der Waals surface area contributed by atoms with Crippen molar-refractivity contribution in [1.29, 1.82) is 0 Å². The number of methoxy groups -OCH3 is 1. The number of benzene rings is 1. The van der Waals surface area contributed by atoms with Gasteiger partial charge in [-0.05, 0) is 56.9 Å². The minimum absolute atomic E-state index is 0.0480. The topological polar surface area (TPSA) is 79.4 Å². The molecule has 8 heteroatoms. The Labute approximate surface area is 207 Å². The van der Waals surface area contributed by atoms with Crippen LogP contribution in [0.3, 0.4) is 0 Å². The van der Waals surface area contributed by atoms with Gasteiger partial charge in [-0.2, -0.15) is 0 Å². The number of carbonyl (C=O) groups excluding carboxylic acids is 3. The van der Waals surface area contributed by atoms with Crippen molar-refractivity contribution in [2.75, 3.05) is 57.9 Å². The average Bonchev–Trinajstić information content (AvgIpc) is 2.92. The van der Waals surface area contributed by atoms with Crippen LogP contribution in [0.15, 0.2) is 36.4 Å². The molecule has 1 aromatic carbocycles. The van der Waals surface area contributed by atoms with Crippen LogP contribution in [0.25, 0.3) is 0 Å². The van der Waals surface area contributed by atoms with Gasteiger partial charge >= 0.3 is 5.97 Å². The van der Waals surface area contributed by atoms with Crippen molar-refractivity contribution in [2.24, 2.45) is 17.8 Å². The first kappa shape index (κ1) is 25.1. The summed E-state index contributed by atoms with van der Waals surface area (Å²) in [7, 11) is 1.66. The zero-order valence-electron chi connectivity index (χ0n) is 20.9. The highest BCUT2D eigenvalue weighted by Gasteiger charge is 2.40. The maximum atomic E-state index is 13.5. The molecule has 8 nitrogen and oxygen atoms in total. The lowest BCUT2D eigenvalue weighted by atomic mass is 9.80. The SMILES string of the molecule is CCOC(=O)C1CCN(C(=O)C2CC=CCC2C(=O)N2CCN(c3ccc(OC)cc3)CC2)CC1. The molecule has 2 unspecified atom stereocenters. The molecule has 2 fully saturated rings. The summed E-state index contributed by atoms with van der Waals surface area (Å²) in [5, 5.41) is 0. The van der Waals surface area contributed by atoms with E-state index in [0.717, 1.165) is 24.5 Å². The second-order valence-corrected chi connectivity index (χ2v) is 9.52. The smallest absolute Gasteiger partial charge is 0.309 e. The van der Waals surface area contributed by atoms with Crippen molar-refractivity contribution in [3.8, 4) is 5.75 Å². The van der Waals surface area contributed by atoms with E-state index >= 15 is 0 Å². The minimum atomic E-state index is -0.328. The fourth-order valence-corrected chi connectivity index (χ4v) is 5.40. The van der Waals surface area contributed by atoms with E-state index in [2.05, 4.69) is 4.90 Å². The van der Waals surface area contributed by atoms with E-state index in [1.807, 2.05) is 53.1 Å². The van der Waals surface area contributed by atoms with Gasteiger partial charge in [0.1, 0.15) is 5.75 Å². The second-order valence-electron chi connectivity index (χ2n) is 9.52. The monoisotopic (exact) mass is 483 g/mol. The molecule has 190 valence electrons. The van der Waals surface area contributed by atoms with Crippen molar-refractivity contribution in [3.05, 3.63) is 36.4 Å². The average molecular weight is 484 g/mol. The molecule has 2 saturated heterocycles. The molecule has 2 amide bonds. The van der Waals surface area contributed by atoms with Gasteiger partial charge in [0, 0.05) is 45.0 Å². The van der Waals surface area contributed by atoms with Gasteiger partial charge < -0.3 is 24.2 Å². The van der Waals surface area contributed by atoms with E-state index in [-0.39, 0.29) is 35.5 Å². The van der Waals surface area contributed by atoms with Crippen LogP contribution in [0.2, 0.25) is 0 Å². The first-order valence-electron chi connectivity index (χ1n) is 12.8. The highest BCUT2D eigenvalue weighted by molar-refractivity contribution is 5.88. The van der Waals surface area contributed by atoms with E-state index in [0.29, 0.717) is 58.5 Å². The van der Waals surface area contributed by atoms with Crippen LogP contribution in [0.5, 0.6) is 5.75 Å². The fourth-order valence-electron chi connectivity index (χ4n) is 5.40. The first-order valence-corrected chi connectivity index (χ1v) is 12.8. The lowest BCUT2D eigenvalue weighted by Crippen LogP contribution is -2.53. The van der Waals surface area contributed by atoms with Crippen LogP contribution in [-0.2, 0) is 19.1 Å². The summed E-state index contributed by atoms with van der Waals surface area (Å²) in [6.45, 7) is 6.11. The molecule has 2 aliphatic heterocycles. The molecule has 35 heavy (non-hydrogen) atoms. The van der Waals surface area contributed by atoms with Crippen LogP contribution in [-0.4, -0.2) is 80.6 Å². The van der Waals surface area contributed by atoms with Crippen LogP contribution >= 0.6 is 0 Å². The maximum absolute atomic E-state index is 13.5. The molecular formula is C27H37N3O5. The molecular weight excluding hydrogens is 446 g/mol. The summed E-state index contributed by atoms with van der Waals surface area (Å²) in [4.78, 5) is 45.0. The molecule has 2 atom stereocenters. The molecule has 0 bridgehead atoms. The van der Waals surface area contributed by atoms with Gasteiger partial charge in [0.05, 0.1) is 31.5 Å². The first-order chi connectivity index (χ1) is 17.0. The zero-order chi connectivity index (χ0) is 24.8. The van der Waals surface area contributed by atoms with E-state index in [4.69, 9.17) is 9.47 Å². The second kappa shape index (κ2) is 11.6. The Morgan fingerprint density at radius 2 is 1.37 bits per heavy atom. The van der Waals surface area contributed by atoms with Crippen molar-refractivity contribution in [3.63, 3.8) is 0 Å². The lowest BCUT2D eigenvalue weighted by Gasteiger charge is -2.40. The van der Waals surface area contributed by atoms with E-state index < -0.39 is 0 Å². The molecule has 0 saturated carbocycles.